The summed E-state index contributed by atoms with van der Waals surface area (Å²) in [5.74, 6) is 0.0833. The molecule has 1 fully saturated rings. The minimum atomic E-state index is -0.529. The number of likely N-dealkylation sites (tertiary alicyclic amines) is 1. The van der Waals surface area contributed by atoms with Crippen molar-refractivity contribution in [3.8, 4) is 0 Å². The molecule has 2 atom stereocenters. The lowest BCUT2D eigenvalue weighted by Crippen LogP contribution is -2.41. The molecule has 0 spiro atoms. The molecule has 1 aliphatic heterocycles. The number of benzene rings is 1. The highest BCUT2D eigenvalue weighted by Gasteiger charge is 2.35. The molecule has 3 nitrogen and oxygen atoms in total. The molecule has 5 heteroatoms. The van der Waals surface area contributed by atoms with E-state index in [9.17, 15) is 9.90 Å². The van der Waals surface area contributed by atoms with Crippen LogP contribution in [0.15, 0.2) is 24.3 Å². The zero-order valence-corrected chi connectivity index (χ0v) is 12.2. The summed E-state index contributed by atoms with van der Waals surface area (Å²) in [5, 5.41) is 11.1. The van der Waals surface area contributed by atoms with Crippen LogP contribution in [0.4, 0.5) is 0 Å². The monoisotopic (exact) mass is 331 g/mol. The van der Waals surface area contributed by atoms with Crippen LogP contribution in [-0.2, 0) is 11.3 Å². The van der Waals surface area contributed by atoms with Crippen molar-refractivity contribution < 1.29 is 9.90 Å². The summed E-state index contributed by atoms with van der Waals surface area (Å²) in [7, 11) is 0. The van der Waals surface area contributed by atoms with Crippen LogP contribution in [0.25, 0.3) is 0 Å². The van der Waals surface area contributed by atoms with Crippen molar-refractivity contribution in [2.24, 2.45) is 0 Å². The van der Waals surface area contributed by atoms with Gasteiger partial charge in [0.15, 0.2) is 0 Å². The van der Waals surface area contributed by atoms with Gasteiger partial charge < -0.3 is 10.0 Å². The van der Waals surface area contributed by atoms with E-state index in [1.54, 1.807) is 4.90 Å². The van der Waals surface area contributed by atoms with Crippen molar-refractivity contribution in [1.29, 1.82) is 0 Å². The number of alkyl halides is 1. The van der Waals surface area contributed by atoms with E-state index in [0.29, 0.717) is 29.7 Å². The predicted molar refractivity (Wildman–Crippen MR) is 74.8 cm³/mol. The van der Waals surface area contributed by atoms with Crippen LogP contribution in [0.1, 0.15) is 18.4 Å². The fraction of sp³-hybridized carbons (Fsp3) is 0.462. The highest BCUT2D eigenvalue weighted by molar-refractivity contribution is 9.09. The predicted octanol–water partition coefficient (Wildman–Crippen LogP) is 2.59. The van der Waals surface area contributed by atoms with Crippen LogP contribution in [0.2, 0.25) is 5.02 Å². The Morgan fingerprint density at radius 2 is 2.22 bits per heavy atom. The minimum absolute atomic E-state index is 0.0833. The first-order chi connectivity index (χ1) is 8.63. The molecule has 0 saturated carbocycles. The summed E-state index contributed by atoms with van der Waals surface area (Å²) in [6.07, 6.45) is 0.675. The van der Waals surface area contributed by atoms with Crippen molar-refractivity contribution in [3.63, 3.8) is 0 Å². The highest BCUT2D eigenvalue weighted by atomic mass is 79.9. The lowest BCUT2D eigenvalue weighted by Gasteiger charge is -2.28. The Morgan fingerprint density at radius 1 is 1.50 bits per heavy atom. The summed E-state index contributed by atoms with van der Waals surface area (Å²) in [6.45, 7) is 0.466. The van der Waals surface area contributed by atoms with Gasteiger partial charge in [-0.1, -0.05) is 45.7 Å². The lowest BCUT2D eigenvalue weighted by molar-refractivity contribution is -0.130. The number of hydrogen-bond donors (Lipinski definition) is 1. The standard InChI is InChI=1S/C13H15BrClNO2/c14-7-12(17)11-5-6-13(18)16(11)8-9-3-1-2-4-10(9)15/h1-4,11-12,17H,5-8H2/t11-,12-/m0/s1. The molecule has 1 aliphatic rings. The number of aliphatic hydroxyl groups is 1. The third-order valence-electron chi connectivity index (χ3n) is 3.28. The molecule has 98 valence electrons. The molecule has 1 aromatic carbocycles. The highest BCUT2D eigenvalue weighted by Crippen LogP contribution is 2.26. The van der Waals surface area contributed by atoms with E-state index in [0.717, 1.165) is 5.56 Å². The molecule has 1 aromatic rings. The van der Waals surface area contributed by atoms with Gasteiger partial charge in [0.2, 0.25) is 5.91 Å². The topological polar surface area (TPSA) is 40.5 Å². The summed E-state index contributed by atoms with van der Waals surface area (Å²) in [5.41, 5.74) is 0.918. The quantitative estimate of drug-likeness (QED) is 0.861. The van der Waals surface area contributed by atoms with E-state index >= 15 is 0 Å². The van der Waals surface area contributed by atoms with Gasteiger partial charge in [0, 0.05) is 23.3 Å². The second-order valence-electron chi connectivity index (χ2n) is 4.44. The molecule has 0 unspecified atom stereocenters. The SMILES string of the molecule is O=C1CC[C@@H]([C@@H](O)CBr)N1Cc1ccccc1Cl. The Morgan fingerprint density at radius 3 is 2.89 bits per heavy atom. The normalized spacial score (nSPS) is 21.4. The van der Waals surface area contributed by atoms with Crippen LogP contribution in [0.5, 0.6) is 0 Å². The summed E-state index contributed by atoms with van der Waals surface area (Å²) in [6, 6.07) is 7.37. The molecular weight excluding hydrogens is 318 g/mol. The van der Waals surface area contributed by atoms with Crippen LogP contribution in [0.3, 0.4) is 0 Å². The minimum Gasteiger partial charge on any atom is -0.390 e. The van der Waals surface area contributed by atoms with Crippen molar-refractivity contribution in [2.75, 3.05) is 5.33 Å². The number of aliphatic hydroxyl groups excluding tert-OH is 1. The molecule has 1 N–H and O–H groups in total. The molecule has 1 saturated heterocycles. The zero-order chi connectivity index (χ0) is 13.1. The van der Waals surface area contributed by atoms with Crippen LogP contribution in [-0.4, -0.2) is 33.4 Å². The molecule has 0 aliphatic carbocycles. The van der Waals surface area contributed by atoms with Crippen molar-refractivity contribution >= 4 is 33.4 Å². The number of carbonyl (C=O) groups is 1. The van der Waals surface area contributed by atoms with Gasteiger partial charge in [-0.3, -0.25) is 4.79 Å². The maximum atomic E-state index is 11.9. The Balaban J connectivity index is 2.15. The first kappa shape index (κ1) is 13.8. The van der Waals surface area contributed by atoms with Crippen molar-refractivity contribution in [3.05, 3.63) is 34.9 Å². The van der Waals surface area contributed by atoms with E-state index in [2.05, 4.69) is 15.9 Å². The van der Waals surface area contributed by atoms with Crippen LogP contribution < -0.4 is 0 Å². The van der Waals surface area contributed by atoms with Crippen molar-refractivity contribution in [1.82, 2.24) is 4.90 Å². The Kier molecular flexibility index (Phi) is 4.65. The van der Waals surface area contributed by atoms with Gasteiger partial charge in [-0.2, -0.15) is 0 Å². The number of nitrogens with zero attached hydrogens (tertiary/aromatic N) is 1. The van der Waals surface area contributed by atoms with Gasteiger partial charge in [0.1, 0.15) is 0 Å². The van der Waals surface area contributed by atoms with E-state index in [1.807, 2.05) is 24.3 Å². The summed E-state index contributed by atoms with van der Waals surface area (Å²) in [4.78, 5) is 13.6. The third kappa shape index (κ3) is 2.87. The Bertz CT molecular complexity index is 441. The first-order valence-electron chi connectivity index (χ1n) is 5.90. The van der Waals surface area contributed by atoms with Gasteiger partial charge in [0.25, 0.3) is 0 Å². The lowest BCUT2D eigenvalue weighted by atomic mass is 10.1. The molecule has 0 aromatic heterocycles. The smallest absolute Gasteiger partial charge is 0.223 e. The third-order valence-corrected chi connectivity index (χ3v) is 4.31. The number of hydrogen-bond acceptors (Lipinski definition) is 2. The molecule has 1 heterocycles. The first-order valence-corrected chi connectivity index (χ1v) is 7.40. The maximum Gasteiger partial charge on any atom is 0.223 e. The van der Waals surface area contributed by atoms with Crippen molar-refractivity contribution in [2.45, 2.75) is 31.5 Å². The van der Waals surface area contributed by atoms with Gasteiger partial charge in [-0.15, -0.1) is 0 Å². The number of carbonyl (C=O) groups excluding carboxylic acids is 1. The second kappa shape index (κ2) is 6.04. The maximum absolute atomic E-state index is 11.9. The fourth-order valence-corrected chi connectivity index (χ4v) is 2.90. The zero-order valence-electron chi connectivity index (χ0n) is 9.85. The van der Waals surface area contributed by atoms with E-state index < -0.39 is 6.10 Å². The molecular formula is C13H15BrClNO2. The second-order valence-corrected chi connectivity index (χ2v) is 5.50. The molecule has 0 bridgehead atoms. The summed E-state index contributed by atoms with van der Waals surface area (Å²) >= 11 is 9.36. The van der Waals surface area contributed by atoms with Crippen LogP contribution in [0, 0.1) is 0 Å². The Hall–Kier alpha value is -0.580. The molecule has 1 amide bonds. The van der Waals surface area contributed by atoms with Gasteiger partial charge in [-0.25, -0.2) is 0 Å². The molecule has 0 radical (unpaired) electrons. The molecule has 2 rings (SSSR count). The van der Waals surface area contributed by atoms with E-state index in [4.69, 9.17) is 11.6 Å². The fourth-order valence-electron chi connectivity index (χ4n) is 2.27. The largest absolute Gasteiger partial charge is 0.390 e. The molecule has 18 heavy (non-hydrogen) atoms. The number of rotatable bonds is 4. The van der Waals surface area contributed by atoms with E-state index in [1.165, 1.54) is 0 Å². The summed E-state index contributed by atoms with van der Waals surface area (Å²) < 4.78 is 0. The Labute approximate surface area is 120 Å². The van der Waals surface area contributed by atoms with Gasteiger partial charge >= 0.3 is 0 Å². The number of halogens is 2. The van der Waals surface area contributed by atoms with E-state index in [-0.39, 0.29) is 11.9 Å². The number of amides is 1. The average molecular weight is 333 g/mol. The van der Waals surface area contributed by atoms with Crippen LogP contribution >= 0.6 is 27.5 Å². The van der Waals surface area contributed by atoms with Gasteiger partial charge in [-0.05, 0) is 18.1 Å². The average Bonchev–Trinajstić information content (AvgIpc) is 2.73. The van der Waals surface area contributed by atoms with Gasteiger partial charge in [0.05, 0.1) is 12.1 Å².